The maximum Gasteiger partial charge on any atom is 0.230 e. The van der Waals surface area contributed by atoms with Gasteiger partial charge in [-0.1, -0.05) is 41.6 Å². The Kier molecular flexibility index (Phi) is 4.85. The normalized spacial score (nSPS) is 12.1. The number of carbonyl (C=O) groups is 1. The van der Waals surface area contributed by atoms with Crippen LogP contribution in [0.5, 0.6) is 0 Å². The van der Waals surface area contributed by atoms with Gasteiger partial charge in [0, 0.05) is 5.69 Å². The lowest BCUT2D eigenvalue weighted by Gasteiger charge is -2.12. The molecule has 3 aromatic rings. The molecule has 128 valence electrons. The van der Waals surface area contributed by atoms with Crippen molar-refractivity contribution in [2.75, 3.05) is 0 Å². The third-order valence-electron chi connectivity index (χ3n) is 3.72. The molecular weight excluding hydrogens is 339 g/mol. The fourth-order valence-electron chi connectivity index (χ4n) is 2.31. The number of nitrogens with zero attached hydrogens (tertiary/aromatic N) is 3. The van der Waals surface area contributed by atoms with Gasteiger partial charge in [-0.05, 0) is 38.1 Å². The number of thioether (sulfide) groups is 1. The van der Waals surface area contributed by atoms with Gasteiger partial charge in [-0.15, -0.1) is 10.2 Å². The minimum atomic E-state index is -0.484. The molecule has 1 atom stereocenters. The van der Waals surface area contributed by atoms with E-state index >= 15 is 0 Å². The number of hydrogen-bond acceptors (Lipinski definition) is 4. The number of halogens is 1. The topological polar surface area (TPSA) is 73.8 Å². The average Bonchev–Trinajstić information content (AvgIpc) is 2.99. The molecule has 0 aliphatic carbocycles. The van der Waals surface area contributed by atoms with Crippen molar-refractivity contribution in [2.24, 2.45) is 5.73 Å². The zero-order valence-electron chi connectivity index (χ0n) is 13.8. The molecule has 0 saturated heterocycles. The number of aryl methyl sites for hydroxylation is 1. The van der Waals surface area contributed by atoms with Gasteiger partial charge in [0.2, 0.25) is 5.91 Å². The van der Waals surface area contributed by atoms with Crippen LogP contribution in [0.1, 0.15) is 12.5 Å². The summed E-state index contributed by atoms with van der Waals surface area (Å²) in [7, 11) is 0. The second-order valence-electron chi connectivity index (χ2n) is 5.62. The van der Waals surface area contributed by atoms with Gasteiger partial charge in [0.1, 0.15) is 5.82 Å². The van der Waals surface area contributed by atoms with E-state index in [1.165, 1.54) is 17.8 Å². The van der Waals surface area contributed by atoms with Crippen LogP contribution in [0.25, 0.3) is 17.1 Å². The lowest BCUT2D eigenvalue weighted by molar-refractivity contribution is -0.117. The van der Waals surface area contributed by atoms with Gasteiger partial charge in [-0.2, -0.15) is 0 Å². The molecular formula is C18H17FN4OS. The molecule has 1 aromatic heterocycles. The zero-order valence-corrected chi connectivity index (χ0v) is 14.6. The predicted molar refractivity (Wildman–Crippen MR) is 96.0 cm³/mol. The van der Waals surface area contributed by atoms with Crippen molar-refractivity contribution in [1.29, 1.82) is 0 Å². The first kappa shape index (κ1) is 17.2. The van der Waals surface area contributed by atoms with Crippen molar-refractivity contribution >= 4 is 17.7 Å². The van der Waals surface area contributed by atoms with E-state index in [1.54, 1.807) is 29.7 Å². The van der Waals surface area contributed by atoms with Crippen LogP contribution < -0.4 is 5.73 Å². The van der Waals surface area contributed by atoms with Crippen molar-refractivity contribution in [1.82, 2.24) is 14.8 Å². The number of primary amides is 1. The molecule has 0 aliphatic heterocycles. The summed E-state index contributed by atoms with van der Waals surface area (Å²) in [4.78, 5) is 11.4. The minimum Gasteiger partial charge on any atom is -0.369 e. The van der Waals surface area contributed by atoms with Crippen LogP contribution >= 0.6 is 11.8 Å². The Bertz CT molecular complexity index is 908. The lowest BCUT2D eigenvalue weighted by atomic mass is 10.2. The third-order valence-corrected chi connectivity index (χ3v) is 4.78. The van der Waals surface area contributed by atoms with Gasteiger partial charge < -0.3 is 5.73 Å². The van der Waals surface area contributed by atoms with Crippen molar-refractivity contribution in [3.8, 4) is 17.1 Å². The molecule has 0 radical (unpaired) electrons. The summed E-state index contributed by atoms with van der Waals surface area (Å²) >= 11 is 1.19. The highest BCUT2D eigenvalue weighted by molar-refractivity contribution is 8.00. The van der Waals surface area contributed by atoms with Gasteiger partial charge in [-0.3, -0.25) is 9.36 Å². The van der Waals surface area contributed by atoms with E-state index in [-0.39, 0.29) is 5.82 Å². The van der Waals surface area contributed by atoms with E-state index in [0.29, 0.717) is 16.5 Å². The first-order chi connectivity index (χ1) is 12.0. The van der Waals surface area contributed by atoms with Crippen LogP contribution in [0.2, 0.25) is 0 Å². The van der Waals surface area contributed by atoms with E-state index in [4.69, 9.17) is 5.73 Å². The van der Waals surface area contributed by atoms with Gasteiger partial charge in [0.25, 0.3) is 0 Å². The molecule has 0 aliphatic rings. The van der Waals surface area contributed by atoms with E-state index in [2.05, 4.69) is 10.2 Å². The Morgan fingerprint density at radius 2 is 1.84 bits per heavy atom. The maximum atomic E-state index is 14.3. The number of carbonyl (C=O) groups excluding carboxylic acids is 1. The first-order valence-corrected chi connectivity index (χ1v) is 8.58. The van der Waals surface area contributed by atoms with Crippen LogP contribution in [0.15, 0.2) is 53.7 Å². The molecule has 1 amide bonds. The van der Waals surface area contributed by atoms with Crippen molar-refractivity contribution < 1.29 is 9.18 Å². The Labute approximate surface area is 149 Å². The van der Waals surface area contributed by atoms with Crippen molar-refractivity contribution in [2.45, 2.75) is 24.3 Å². The van der Waals surface area contributed by atoms with Crippen LogP contribution in [0.3, 0.4) is 0 Å². The molecule has 2 aromatic carbocycles. The van der Waals surface area contributed by atoms with E-state index in [1.807, 2.05) is 31.2 Å². The van der Waals surface area contributed by atoms with Crippen LogP contribution in [0.4, 0.5) is 4.39 Å². The average molecular weight is 356 g/mol. The molecule has 2 N–H and O–H groups in total. The number of benzene rings is 2. The van der Waals surface area contributed by atoms with Gasteiger partial charge in [0.15, 0.2) is 11.0 Å². The Morgan fingerprint density at radius 1 is 1.16 bits per heavy atom. The summed E-state index contributed by atoms with van der Waals surface area (Å²) in [5.74, 6) is -0.459. The number of hydrogen-bond donors (Lipinski definition) is 1. The van der Waals surface area contributed by atoms with Gasteiger partial charge >= 0.3 is 0 Å². The summed E-state index contributed by atoms with van der Waals surface area (Å²) in [6.45, 7) is 3.68. The molecule has 5 nitrogen and oxygen atoms in total. The first-order valence-electron chi connectivity index (χ1n) is 7.70. The standard InChI is InChI=1S/C18H17FN4OS/c1-11-7-9-13(10-8-11)23-17(14-5-3-4-6-15(14)19)21-22-18(23)25-12(2)16(20)24/h3-10,12H,1-2H3,(H2,20,24)/t12-/m0/s1. The third kappa shape index (κ3) is 3.56. The number of nitrogens with two attached hydrogens (primary N) is 1. The highest BCUT2D eigenvalue weighted by Crippen LogP contribution is 2.31. The summed E-state index contributed by atoms with van der Waals surface area (Å²) in [5, 5.41) is 8.31. The Morgan fingerprint density at radius 3 is 2.48 bits per heavy atom. The molecule has 0 fully saturated rings. The quantitative estimate of drug-likeness (QED) is 0.712. The highest BCUT2D eigenvalue weighted by Gasteiger charge is 2.21. The summed E-state index contributed by atoms with van der Waals surface area (Å²) in [6, 6.07) is 14.1. The lowest BCUT2D eigenvalue weighted by Crippen LogP contribution is -2.23. The maximum absolute atomic E-state index is 14.3. The summed E-state index contributed by atoms with van der Waals surface area (Å²) in [6.07, 6.45) is 0. The van der Waals surface area contributed by atoms with E-state index in [9.17, 15) is 9.18 Å². The minimum absolute atomic E-state index is 0.342. The predicted octanol–water partition coefficient (Wildman–Crippen LogP) is 3.35. The molecule has 25 heavy (non-hydrogen) atoms. The summed E-state index contributed by atoms with van der Waals surface area (Å²) < 4.78 is 16.0. The largest absolute Gasteiger partial charge is 0.369 e. The number of rotatable bonds is 5. The second-order valence-corrected chi connectivity index (χ2v) is 6.93. The smallest absolute Gasteiger partial charge is 0.230 e. The van der Waals surface area contributed by atoms with Crippen LogP contribution in [-0.4, -0.2) is 25.9 Å². The number of aromatic nitrogens is 3. The fourth-order valence-corrected chi connectivity index (χ4v) is 3.12. The number of amides is 1. The molecule has 0 spiro atoms. The van der Waals surface area contributed by atoms with E-state index < -0.39 is 11.2 Å². The highest BCUT2D eigenvalue weighted by atomic mass is 32.2. The second kappa shape index (κ2) is 7.06. The van der Waals surface area contributed by atoms with E-state index in [0.717, 1.165) is 11.3 Å². The molecule has 0 saturated carbocycles. The zero-order chi connectivity index (χ0) is 18.0. The van der Waals surface area contributed by atoms with Crippen LogP contribution in [-0.2, 0) is 4.79 Å². The summed E-state index contributed by atoms with van der Waals surface area (Å²) in [5.41, 5.74) is 7.59. The molecule has 0 unspecified atom stereocenters. The monoisotopic (exact) mass is 356 g/mol. The fraction of sp³-hybridized carbons (Fsp3) is 0.167. The van der Waals surface area contributed by atoms with Crippen molar-refractivity contribution in [3.05, 3.63) is 59.9 Å². The van der Waals surface area contributed by atoms with Crippen molar-refractivity contribution in [3.63, 3.8) is 0 Å². The Balaban J connectivity index is 2.16. The molecule has 3 rings (SSSR count). The SMILES string of the molecule is Cc1ccc(-n2c(S[C@@H](C)C(N)=O)nnc2-c2ccccc2F)cc1. The van der Waals surface area contributed by atoms with Crippen LogP contribution in [0, 0.1) is 12.7 Å². The molecule has 7 heteroatoms. The van der Waals surface area contributed by atoms with Gasteiger partial charge in [-0.25, -0.2) is 4.39 Å². The molecule has 1 heterocycles. The Hall–Kier alpha value is -2.67. The molecule has 0 bridgehead atoms. The van der Waals surface area contributed by atoms with Gasteiger partial charge in [0.05, 0.1) is 10.8 Å².